The molecular weight excluding hydrogens is 244 g/mol. The molecule has 0 aliphatic heterocycles. The Morgan fingerprint density at radius 1 is 1.39 bits per heavy atom. The number of nitrogens with one attached hydrogen (secondary N) is 1. The fraction of sp³-hybridized carbons (Fsp3) is 0.417. The average molecular weight is 259 g/mol. The van der Waals surface area contributed by atoms with E-state index in [4.69, 9.17) is 9.47 Å². The minimum absolute atomic E-state index is 0.152. The first kappa shape index (κ1) is 14.5. The molecule has 1 aromatic rings. The Morgan fingerprint density at radius 2 is 2.11 bits per heavy atom. The lowest BCUT2D eigenvalue weighted by Crippen LogP contribution is -2.36. The third kappa shape index (κ3) is 3.75. The lowest BCUT2D eigenvalue weighted by atomic mass is 10.2. The van der Waals surface area contributed by atoms with Crippen molar-refractivity contribution < 1.29 is 23.0 Å². The van der Waals surface area contributed by atoms with E-state index in [9.17, 15) is 13.6 Å². The van der Waals surface area contributed by atoms with Crippen molar-refractivity contribution >= 4 is 5.91 Å². The van der Waals surface area contributed by atoms with Gasteiger partial charge in [-0.3, -0.25) is 4.79 Å². The molecule has 0 bridgehead atoms. The molecule has 1 rings (SSSR count). The summed E-state index contributed by atoms with van der Waals surface area (Å²) in [7, 11) is 2.97. The van der Waals surface area contributed by atoms with E-state index in [1.807, 2.05) is 0 Å². The summed E-state index contributed by atoms with van der Waals surface area (Å²) in [5, 5.41) is 2.45. The van der Waals surface area contributed by atoms with E-state index in [-0.39, 0.29) is 18.2 Å². The predicted octanol–water partition coefficient (Wildman–Crippen LogP) is 1.36. The summed E-state index contributed by atoms with van der Waals surface area (Å²) in [6.07, 6.45) is -0.337. The number of hydrogen-bond acceptors (Lipinski definition) is 3. The zero-order valence-corrected chi connectivity index (χ0v) is 10.2. The number of rotatable bonds is 6. The first-order chi connectivity index (χ1) is 8.60. The van der Waals surface area contributed by atoms with E-state index in [1.54, 1.807) is 0 Å². The van der Waals surface area contributed by atoms with Crippen LogP contribution in [0.4, 0.5) is 8.78 Å². The maximum absolute atomic E-state index is 13.3. The molecule has 0 radical (unpaired) electrons. The van der Waals surface area contributed by atoms with E-state index < -0.39 is 17.5 Å². The Kier molecular flexibility index (Phi) is 5.67. The average Bonchev–Trinajstić information content (AvgIpc) is 2.37. The van der Waals surface area contributed by atoms with Gasteiger partial charge in [-0.1, -0.05) is 6.07 Å². The molecule has 4 nitrogen and oxygen atoms in total. The summed E-state index contributed by atoms with van der Waals surface area (Å²) in [6.45, 7) is 0.446. The second kappa shape index (κ2) is 7.03. The molecule has 0 saturated heterocycles. The van der Waals surface area contributed by atoms with Gasteiger partial charge in [0.05, 0.1) is 18.3 Å². The van der Waals surface area contributed by atoms with Crippen molar-refractivity contribution in [3.63, 3.8) is 0 Å². The number of halogens is 2. The molecule has 0 aliphatic rings. The van der Waals surface area contributed by atoms with E-state index in [1.165, 1.54) is 26.4 Å². The van der Waals surface area contributed by atoms with Crippen molar-refractivity contribution in [2.24, 2.45) is 0 Å². The third-order valence-electron chi connectivity index (χ3n) is 2.37. The maximum atomic E-state index is 13.3. The summed E-state index contributed by atoms with van der Waals surface area (Å²) in [4.78, 5) is 11.6. The fourth-order valence-corrected chi connectivity index (χ4v) is 1.38. The van der Waals surface area contributed by atoms with Crippen LogP contribution in [0.2, 0.25) is 0 Å². The molecule has 1 atom stereocenters. The van der Waals surface area contributed by atoms with Crippen molar-refractivity contribution in [3.05, 3.63) is 35.4 Å². The fourth-order valence-electron chi connectivity index (χ4n) is 1.38. The van der Waals surface area contributed by atoms with Crippen molar-refractivity contribution in [2.75, 3.05) is 27.4 Å². The lowest BCUT2D eigenvalue weighted by Gasteiger charge is -2.15. The van der Waals surface area contributed by atoms with Gasteiger partial charge >= 0.3 is 0 Å². The summed E-state index contributed by atoms with van der Waals surface area (Å²) >= 11 is 0. The van der Waals surface area contributed by atoms with Gasteiger partial charge in [-0.25, -0.2) is 8.78 Å². The Hall–Kier alpha value is -1.53. The van der Waals surface area contributed by atoms with Gasteiger partial charge < -0.3 is 14.8 Å². The van der Waals surface area contributed by atoms with Gasteiger partial charge in [-0.15, -0.1) is 0 Å². The molecular formula is C12H15F2NO3. The Bertz CT molecular complexity index is 412. The summed E-state index contributed by atoms with van der Waals surface area (Å²) in [5.41, 5.74) is -0.331. The van der Waals surface area contributed by atoms with E-state index in [2.05, 4.69) is 5.32 Å². The van der Waals surface area contributed by atoms with Crippen molar-refractivity contribution in [1.82, 2.24) is 5.32 Å². The van der Waals surface area contributed by atoms with Crippen LogP contribution in [0, 0.1) is 11.6 Å². The van der Waals surface area contributed by atoms with E-state index in [0.717, 1.165) is 6.07 Å². The first-order valence-corrected chi connectivity index (χ1v) is 5.34. The second-order valence-corrected chi connectivity index (χ2v) is 3.62. The van der Waals surface area contributed by atoms with Gasteiger partial charge in [0.15, 0.2) is 11.6 Å². The van der Waals surface area contributed by atoms with Crippen LogP contribution >= 0.6 is 0 Å². The van der Waals surface area contributed by atoms with Gasteiger partial charge in [0.2, 0.25) is 0 Å². The predicted molar refractivity (Wildman–Crippen MR) is 61.4 cm³/mol. The van der Waals surface area contributed by atoms with Gasteiger partial charge in [0.25, 0.3) is 5.91 Å². The van der Waals surface area contributed by atoms with Crippen LogP contribution < -0.4 is 5.32 Å². The van der Waals surface area contributed by atoms with Gasteiger partial charge in [0, 0.05) is 20.8 Å². The molecule has 6 heteroatoms. The van der Waals surface area contributed by atoms with Crippen LogP contribution in [0.15, 0.2) is 18.2 Å². The highest BCUT2D eigenvalue weighted by molar-refractivity contribution is 5.94. The summed E-state index contributed by atoms with van der Waals surface area (Å²) in [5.74, 6) is -2.90. The zero-order valence-electron chi connectivity index (χ0n) is 10.2. The molecule has 0 saturated carbocycles. The molecule has 100 valence electrons. The van der Waals surface area contributed by atoms with Crippen molar-refractivity contribution in [2.45, 2.75) is 6.10 Å². The van der Waals surface area contributed by atoms with Crippen molar-refractivity contribution in [1.29, 1.82) is 0 Å². The highest BCUT2D eigenvalue weighted by Crippen LogP contribution is 2.10. The van der Waals surface area contributed by atoms with Crippen LogP contribution in [-0.2, 0) is 9.47 Å². The minimum atomic E-state index is -1.16. The van der Waals surface area contributed by atoms with Gasteiger partial charge in [-0.2, -0.15) is 0 Å². The normalized spacial score (nSPS) is 12.2. The SMILES string of the molecule is COCC(CNC(=O)c1cccc(F)c1F)OC. The number of carbonyl (C=O) groups excluding carboxylic acids is 1. The highest BCUT2D eigenvalue weighted by Gasteiger charge is 2.16. The topological polar surface area (TPSA) is 47.6 Å². The summed E-state index contributed by atoms with van der Waals surface area (Å²) in [6, 6.07) is 3.44. The molecule has 0 heterocycles. The standard InChI is InChI=1S/C12H15F2NO3/c1-17-7-8(18-2)6-15-12(16)9-4-3-5-10(13)11(9)14/h3-5,8H,6-7H2,1-2H3,(H,15,16). The first-order valence-electron chi connectivity index (χ1n) is 5.34. The third-order valence-corrected chi connectivity index (χ3v) is 2.37. The van der Waals surface area contributed by atoms with Crippen LogP contribution in [0.1, 0.15) is 10.4 Å². The smallest absolute Gasteiger partial charge is 0.254 e. The molecule has 0 aromatic heterocycles. The zero-order chi connectivity index (χ0) is 13.5. The monoisotopic (exact) mass is 259 g/mol. The summed E-state index contributed by atoms with van der Waals surface area (Å²) < 4.78 is 36.1. The number of ether oxygens (including phenoxy) is 2. The Balaban J connectivity index is 2.62. The van der Waals surface area contributed by atoms with Gasteiger partial charge in [-0.05, 0) is 12.1 Å². The molecule has 1 unspecified atom stereocenters. The molecule has 0 spiro atoms. The minimum Gasteiger partial charge on any atom is -0.382 e. The van der Waals surface area contributed by atoms with E-state index in [0.29, 0.717) is 6.61 Å². The Morgan fingerprint density at radius 3 is 2.72 bits per heavy atom. The number of amides is 1. The lowest BCUT2D eigenvalue weighted by molar-refractivity contribution is 0.0285. The van der Waals surface area contributed by atoms with Crippen LogP contribution in [0.5, 0.6) is 0 Å². The molecule has 18 heavy (non-hydrogen) atoms. The Labute approximate surface area is 104 Å². The second-order valence-electron chi connectivity index (χ2n) is 3.62. The number of methoxy groups -OCH3 is 2. The van der Waals surface area contributed by atoms with Crippen LogP contribution in [0.25, 0.3) is 0 Å². The maximum Gasteiger partial charge on any atom is 0.254 e. The van der Waals surface area contributed by atoms with E-state index >= 15 is 0 Å². The van der Waals surface area contributed by atoms with Gasteiger partial charge in [0.1, 0.15) is 0 Å². The number of hydrogen-bond donors (Lipinski definition) is 1. The highest BCUT2D eigenvalue weighted by atomic mass is 19.2. The molecule has 0 aliphatic carbocycles. The number of benzene rings is 1. The molecule has 1 aromatic carbocycles. The largest absolute Gasteiger partial charge is 0.382 e. The van der Waals surface area contributed by atoms with Crippen molar-refractivity contribution in [3.8, 4) is 0 Å². The van der Waals surface area contributed by atoms with Crippen LogP contribution in [0.3, 0.4) is 0 Å². The quantitative estimate of drug-likeness (QED) is 0.839. The van der Waals surface area contributed by atoms with Crippen LogP contribution in [-0.4, -0.2) is 39.4 Å². The molecule has 1 N–H and O–H groups in total. The number of carbonyl (C=O) groups is 1. The molecule has 0 fully saturated rings. The molecule has 1 amide bonds.